The summed E-state index contributed by atoms with van der Waals surface area (Å²) in [7, 11) is 0. The average Bonchev–Trinajstić information content (AvgIpc) is 2.74. The zero-order valence-corrected chi connectivity index (χ0v) is 14.4. The van der Waals surface area contributed by atoms with E-state index in [2.05, 4.69) is 0 Å². The summed E-state index contributed by atoms with van der Waals surface area (Å²) in [6.07, 6.45) is 4.35. The van der Waals surface area contributed by atoms with Crippen LogP contribution in [0.3, 0.4) is 0 Å². The molecule has 4 heteroatoms. The molecule has 0 bridgehead atoms. The van der Waals surface area contributed by atoms with E-state index >= 15 is 0 Å². The van der Waals surface area contributed by atoms with Gasteiger partial charge in [0.1, 0.15) is 11.2 Å². The summed E-state index contributed by atoms with van der Waals surface area (Å²) in [5.41, 5.74) is -1.68. The standard InChI is InChI=1S/C17H30O4/c1-7-16(5,6)14(19)21-17(10-8-9-11-17)12-13(18)20-15(2,3)4/h7-12H2,1-6H3. The van der Waals surface area contributed by atoms with Crippen LogP contribution in [-0.2, 0) is 19.1 Å². The average molecular weight is 298 g/mol. The number of hydrogen-bond acceptors (Lipinski definition) is 4. The first-order valence-corrected chi connectivity index (χ1v) is 7.95. The van der Waals surface area contributed by atoms with Crippen molar-refractivity contribution in [1.29, 1.82) is 0 Å². The van der Waals surface area contributed by atoms with Crippen molar-refractivity contribution in [2.45, 2.75) is 91.3 Å². The summed E-state index contributed by atoms with van der Waals surface area (Å²) in [4.78, 5) is 24.5. The largest absolute Gasteiger partial charge is 0.460 e. The van der Waals surface area contributed by atoms with Crippen LogP contribution in [-0.4, -0.2) is 23.1 Å². The van der Waals surface area contributed by atoms with E-state index in [1.165, 1.54) is 0 Å². The highest BCUT2D eigenvalue weighted by molar-refractivity contribution is 5.77. The van der Waals surface area contributed by atoms with Gasteiger partial charge in [0.15, 0.2) is 0 Å². The highest BCUT2D eigenvalue weighted by Crippen LogP contribution is 2.39. The molecule has 0 aliphatic heterocycles. The van der Waals surface area contributed by atoms with Gasteiger partial charge in [-0.3, -0.25) is 9.59 Å². The van der Waals surface area contributed by atoms with Gasteiger partial charge in [0.25, 0.3) is 0 Å². The molecule has 0 atom stereocenters. The molecule has 0 heterocycles. The predicted molar refractivity (Wildman–Crippen MR) is 81.8 cm³/mol. The third kappa shape index (κ3) is 5.33. The van der Waals surface area contributed by atoms with Crippen LogP contribution >= 0.6 is 0 Å². The normalized spacial score (nSPS) is 18.4. The molecule has 0 aromatic rings. The Hall–Kier alpha value is -1.06. The number of carbonyl (C=O) groups is 2. The highest BCUT2D eigenvalue weighted by atomic mass is 16.6. The molecule has 0 N–H and O–H groups in total. The van der Waals surface area contributed by atoms with E-state index in [0.717, 1.165) is 25.7 Å². The number of rotatable bonds is 5. The van der Waals surface area contributed by atoms with Crippen molar-refractivity contribution in [3.63, 3.8) is 0 Å². The summed E-state index contributed by atoms with van der Waals surface area (Å²) in [6, 6.07) is 0. The van der Waals surface area contributed by atoms with Gasteiger partial charge in [-0.1, -0.05) is 6.92 Å². The first-order chi connectivity index (χ1) is 9.50. The Bertz CT molecular complexity index is 384. The van der Waals surface area contributed by atoms with Gasteiger partial charge in [-0.2, -0.15) is 0 Å². The third-order valence-electron chi connectivity index (χ3n) is 4.15. The minimum atomic E-state index is -0.661. The van der Waals surface area contributed by atoms with Crippen LogP contribution in [0, 0.1) is 5.41 Å². The predicted octanol–water partition coefficient (Wildman–Crippen LogP) is 4.01. The van der Waals surface area contributed by atoms with Crippen molar-refractivity contribution < 1.29 is 19.1 Å². The maximum atomic E-state index is 12.3. The lowest BCUT2D eigenvalue weighted by atomic mass is 9.89. The monoisotopic (exact) mass is 298 g/mol. The van der Waals surface area contributed by atoms with Crippen molar-refractivity contribution in [3.05, 3.63) is 0 Å². The van der Waals surface area contributed by atoms with Crippen LogP contribution < -0.4 is 0 Å². The molecule has 1 aliphatic rings. The number of carbonyl (C=O) groups excluding carboxylic acids is 2. The minimum absolute atomic E-state index is 0.163. The van der Waals surface area contributed by atoms with Gasteiger partial charge in [-0.15, -0.1) is 0 Å². The molecule has 122 valence electrons. The van der Waals surface area contributed by atoms with Crippen LogP contribution in [0.1, 0.15) is 80.1 Å². The van der Waals surface area contributed by atoms with E-state index in [4.69, 9.17) is 9.47 Å². The molecule has 0 saturated heterocycles. The zero-order valence-electron chi connectivity index (χ0n) is 14.4. The summed E-state index contributed by atoms with van der Waals surface area (Å²) in [6.45, 7) is 11.3. The van der Waals surface area contributed by atoms with E-state index in [0.29, 0.717) is 6.42 Å². The maximum absolute atomic E-state index is 12.3. The van der Waals surface area contributed by atoms with Crippen LogP contribution in [0.4, 0.5) is 0 Å². The Balaban J connectivity index is 2.76. The van der Waals surface area contributed by atoms with Gasteiger partial charge in [-0.25, -0.2) is 0 Å². The summed E-state index contributed by atoms with van der Waals surface area (Å²) in [5, 5.41) is 0. The smallest absolute Gasteiger partial charge is 0.312 e. The van der Waals surface area contributed by atoms with E-state index in [9.17, 15) is 9.59 Å². The van der Waals surface area contributed by atoms with Crippen molar-refractivity contribution in [3.8, 4) is 0 Å². The van der Waals surface area contributed by atoms with Crippen LogP contribution in [0.25, 0.3) is 0 Å². The Morgan fingerprint density at radius 1 is 1.05 bits per heavy atom. The minimum Gasteiger partial charge on any atom is -0.460 e. The van der Waals surface area contributed by atoms with Crippen molar-refractivity contribution in [2.24, 2.45) is 5.41 Å². The second-order valence-corrected chi connectivity index (χ2v) is 7.78. The van der Waals surface area contributed by atoms with Crippen molar-refractivity contribution in [1.82, 2.24) is 0 Å². The number of ether oxygens (including phenoxy) is 2. The fraction of sp³-hybridized carbons (Fsp3) is 0.882. The molecule has 1 rings (SSSR count). The van der Waals surface area contributed by atoms with E-state index in [-0.39, 0.29) is 18.4 Å². The first-order valence-electron chi connectivity index (χ1n) is 7.95. The van der Waals surface area contributed by atoms with Crippen LogP contribution in [0.15, 0.2) is 0 Å². The lowest BCUT2D eigenvalue weighted by Gasteiger charge is -2.33. The Kier molecular flexibility index (Phi) is 5.46. The molecule has 0 spiro atoms. The molecule has 1 aliphatic carbocycles. The van der Waals surface area contributed by atoms with Gasteiger partial charge >= 0.3 is 11.9 Å². The quantitative estimate of drug-likeness (QED) is 0.720. The summed E-state index contributed by atoms with van der Waals surface area (Å²) >= 11 is 0. The molecule has 0 amide bonds. The third-order valence-corrected chi connectivity index (χ3v) is 4.15. The first kappa shape index (κ1) is 18.0. The lowest BCUT2D eigenvalue weighted by molar-refractivity contribution is -0.177. The van der Waals surface area contributed by atoms with Crippen molar-refractivity contribution in [2.75, 3.05) is 0 Å². The van der Waals surface area contributed by atoms with Gasteiger partial charge in [0.2, 0.25) is 0 Å². The van der Waals surface area contributed by atoms with Crippen LogP contribution in [0.5, 0.6) is 0 Å². The van der Waals surface area contributed by atoms with Gasteiger partial charge in [-0.05, 0) is 66.7 Å². The molecular formula is C17H30O4. The molecule has 0 radical (unpaired) electrons. The maximum Gasteiger partial charge on any atom is 0.312 e. The summed E-state index contributed by atoms with van der Waals surface area (Å²) < 4.78 is 11.2. The molecular weight excluding hydrogens is 268 g/mol. The highest BCUT2D eigenvalue weighted by Gasteiger charge is 2.43. The fourth-order valence-corrected chi connectivity index (χ4v) is 2.45. The molecule has 0 aromatic heterocycles. The zero-order chi connectivity index (χ0) is 16.3. The molecule has 21 heavy (non-hydrogen) atoms. The van der Waals surface area contributed by atoms with E-state index in [1.54, 1.807) is 0 Å². The molecule has 4 nitrogen and oxygen atoms in total. The van der Waals surface area contributed by atoms with Gasteiger partial charge < -0.3 is 9.47 Å². The second kappa shape index (κ2) is 6.37. The molecule has 1 fully saturated rings. The Labute approximate surface area is 128 Å². The Morgan fingerprint density at radius 2 is 1.57 bits per heavy atom. The molecule has 1 saturated carbocycles. The van der Waals surface area contributed by atoms with Gasteiger partial charge in [0.05, 0.1) is 11.8 Å². The number of esters is 2. The van der Waals surface area contributed by atoms with E-state index < -0.39 is 16.6 Å². The van der Waals surface area contributed by atoms with Crippen LogP contribution in [0.2, 0.25) is 0 Å². The second-order valence-electron chi connectivity index (χ2n) is 7.78. The molecule has 0 aromatic carbocycles. The topological polar surface area (TPSA) is 52.6 Å². The van der Waals surface area contributed by atoms with Crippen molar-refractivity contribution >= 4 is 11.9 Å². The SMILES string of the molecule is CCC(C)(C)C(=O)OC1(CC(=O)OC(C)(C)C)CCCC1. The van der Waals surface area contributed by atoms with Gasteiger partial charge in [0, 0.05) is 0 Å². The van der Waals surface area contributed by atoms with E-state index in [1.807, 2.05) is 41.5 Å². The molecule has 0 unspecified atom stereocenters. The Morgan fingerprint density at radius 3 is 2.00 bits per heavy atom. The lowest BCUT2D eigenvalue weighted by Crippen LogP contribution is -2.40. The number of hydrogen-bond donors (Lipinski definition) is 0. The summed E-state index contributed by atoms with van der Waals surface area (Å²) in [5.74, 6) is -0.498. The fourth-order valence-electron chi connectivity index (χ4n) is 2.45.